The number of hydrogen-bond acceptors (Lipinski definition) is 7. The van der Waals surface area contributed by atoms with Crippen LogP contribution >= 0.6 is 11.6 Å². The van der Waals surface area contributed by atoms with Gasteiger partial charge in [0, 0.05) is 18.4 Å². The Morgan fingerprint density at radius 3 is 2.68 bits per heavy atom. The third-order valence-corrected chi connectivity index (χ3v) is 7.56. The number of carbonyl (C=O) groups excluding carboxylic acids is 1. The number of aromatic nitrogens is 4. The van der Waals surface area contributed by atoms with Gasteiger partial charge in [0.1, 0.15) is 17.1 Å². The van der Waals surface area contributed by atoms with Crippen molar-refractivity contribution in [2.24, 2.45) is 5.92 Å². The van der Waals surface area contributed by atoms with E-state index in [9.17, 15) is 28.2 Å². The lowest BCUT2D eigenvalue weighted by Crippen LogP contribution is -2.46. The second kappa shape index (κ2) is 10.1. The number of phenols is 1. The smallest absolute Gasteiger partial charge is 0.393 e. The molecule has 3 heterocycles. The fourth-order valence-corrected chi connectivity index (χ4v) is 5.67. The number of aromatic hydroxyl groups is 1. The van der Waals surface area contributed by atoms with Crippen molar-refractivity contribution in [3.05, 3.63) is 63.9 Å². The lowest BCUT2D eigenvalue weighted by Gasteiger charge is -2.41. The van der Waals surface area contributed by atoms with Gasteiger partial charge in [-0.15, -0.1) is 5.10 Å². The maximum Gasteiger partial charge on any atom is 0.393 e. The zero-order valence-corrected chi connectivity index (χ0v) is 21.1. The van der Waals surface area contributed by atoms with Gasteiger partial charge in [-0.2, -0.15) is 18.2 Å². The van der Waals surface area contributed by atoms with Crippen molar-refractivity contribution >= 4 is 23.3 Å². The monoisotopic (exact) mass is 550 g/mol. The average Bonchev–Trinajstić information content (AvgIpc) is 3.51. The molecule has 1 fully saturated rings. The maximum absolute atomic E-state index is 13.2. The molecule has 2 aliphatic rings. The molecule has 1 aromatic carbocycles. The Hall–Kier alpha value is -3.34. The number of ether oxygens (including phenoxy) is 1. The number of phenolic OH excluding ortho intramolecular Hbond substituents is 1. The summed E-state index contributed by atoms with van der Waals surface area (Å²) in [5.74, 6) is -0.582. The van der Waals surface area contributed by atoms with E-state index in [1.54, 1.807) is 6.07 Å². The quantitative estimate of drug-likeness (QED) is 0.376. The molecular formula is C26H26ClF3N4O4. The first kappa shape index (κ1) is 26.3. The molecule has 0 saturated heterocycles. The highest BCUT2D eigenvalue weighted by Crippen LogP contribution is 2.46. The number of esters is 1. The largest absolute Gasteiger partial charge is 0.512 e. The molecule has 1 aliphatic carbocycles. The van der Waals surface area contributed by atoms with Crippen molar-refractivity contribution in [2.75, 3.05) is 0 Å². The molecule has 1 atom stereocenters. The van der Waals surface area contributed by atoms with Crippen molar-refractivity contribution < 1.29 is 32.9 Å². The Morgan fingerprint density at radius 1 is 1.21 bits per heavy atom. The first-order valence-electron chi connectivity index (χ1n) is 12.4. The van der Waals surface area contributed by atoms with Crippen LogP contribution in [-0.4, -0.2) is 47.5 Å². The van der Waals surface area contributed by atoms with Gasteiger partial charge in [-0.3, -0.25) is 0 Å². The Kier molecular flexibility index (Phi) is 6.97. The molecule has 1 saturated carbocycles. The molecule has 0 amide bonds. The van der Waals surface area contributed by atoms with Crippen LogP contribution in [0.5, 0.6) is 5.75 Å². The summed E-state index contributed by atoms with van der Waals surface area (Å²) in [6.45, 7) is 0. The fraction of sp³-hybridized carbons (Fsp3) is 0.462. The molecular weight excluding hydrogens is 525 g/mol. The summed E-state index contributed by atoms with van der Waals surface area (Å²) in [5, 5.41) is 25.6. The number of rotatable bonds is 7. The fourth-order valence-electron chi connectivity index (χ4n) is 5.53. The van der Waals surface area contributed by atoms with E-state index < -0.39 is 29.9 Å². The number of aliphatic hydroxyl groups is 1. The topological polar surface area (TPSA) is 110 Å². The van der Waals surface area contributed by atoms with Gasteiger partial charge in [0.25, 0.3) is 5.78 Å². The van der Waals surface area contributed by atoms with Gasteiger partial charge in [0.2, 0.25) is 0 Å². The van der Waals surface area contributed by atoms with Gasteiger partial charge >= 0.3 is 12.1 Å². The molecule has 0 radical (unpaired) electrons. The summed E-state index contributed by atoms with van der Waals surface area (Å²) in [7, 11) is 0. The lowest BCUT2D eigenvalue weighted by atomic mass is 9.76. The molecule has 12 heteroatoms. The molecule has 202 valence electrons. The number of cyclic esters (lactones) is 1. The van der Waals surface area contributed by atoms with E-state index in [0.29, 0.717) is 29.2 Å². The molecule has 0 spiro atoms. The zero-order chi connectivity index (χ0) is 27.1. The molecule has 0 bridgehead atoms. The Labute approximate surface area is 221 Å². The highest BCUT2D eigenvalue weighted by atomic mass is 35.5. The lowest BCUT2D eigenvalue weighted by molar-refractivity contribution is -0.167. The third-order valence-electron chi connectivity index (χ3n) is 7.37. The van der Waals surface area contributed by atoms with E-state index >= 15 is 0 Å². The normalized spacial score (nSPS) is 20.9. The minimum atomic E-state index is -4.45. The maximum atomic E-state index is 13.2. The molecule has 8 nitrogen and oxygen atoms in total. The molecule has 5 rings (SSSR count). The van der Waals surface area contributed by atoms with Crippen LogP contribution in [0, 0.1) is 5.92 Å². The van der Waals surface area contributed by atoms with Gasteiger partial charge in [-0.25, -0.2) is 14.3 Å². The molecule has 2 aromatic heterocycles. The van der Waals surface area contributed by atoms with Gasteiger partial charge in [-0.05, 0) is 43.2 Å². The summed E-state index contributed by atoms with van der Waals surface area (Å²) in [6.07, 6.45) is 1.55. The number of hydrogen-bond donors (Lipinski definition) is 2. The number of aryl methyl sites for hydroxylation is 1. The van der Waals surface area contributed by atoms with Crippen LogP contribution in [0.2, 0.25) is 5.02 Å². The average molecular weight is 551 g/mol. The highest BCUT2D eigenvalue weighted by Gasteiger charge is 2.48. The van der Waals surface area contributed by atoms with Crippen LogP contribution in [0.15, 0.2) is 41.9 Å². The standard InChI is InChI=1S/C26H26ClF3N4O4/c27-18-13-31-24-32-22(33-34(24)14-18)10-19-21(36)12-25(38-23(19)37,17-3-1-2-4-17)8-7-15-5-6-20(35)16(9-15)11-26(28,29)30/h5-6,9,13-14,17,35-36H,1-4,7-8,10-12H2. The summed E-state index contributed by atoms with van der Waals surface area (Å²) in [5.41, 5.74) is -0.529. The van der Waals surface area contributed by atoms with Crippen LogP contribution < -0.4 is 0 Å². The Bertz CT molecular complexity index is 1400. The Morgan fingerprint density at radius 2 is 1.97 bits per heavy atom. The zero-order valence-electron chi connectivity index (χ0n) is 20.3. The minimum absolute atomic E-state index is 0.0153. The van der Waals surface area contributed by atoms with Gasteiger partial charge < -0.3 is 14.9 Å². The molecule has 2 N–H and O–H groups in total. The molecule has 1 unspecified atom stereocenters. The molecule has 3 aromatic rings. The van der Waals surface area contributed by atoms with Crippen LogP contribution in [0.3, 0.4) is 0 Å². The number of halogens is 4. The summed E-state index contributed by atoms with van der Waals surface area (Å²) in [4.78, 5) is 21.6. The van der Waals surface area contributed by atoms with Crippen molar-refractivity contribution in [1.82, 2.24) is 19.6 Å². The third kappa shape index (κ3) is 5.57. The minimum Gasteiger partial charge on any atom is -0.512 e. The van der Waals surface area contributed by atoms with Gasteiger partial charge in [0.15, 0.2) is 5.82 Å². The number of benzene rings is 1. The molecule has 1 aliphatic heterocycles. The van der Waals surface area contributed by atoms with Crippen molar-refractivity contribution in [3.8, 4) is 5.75 Å². The second-order valence-electron chi connectivity index (χ2n) is 10.0. The van der Waals surface area contributed by atoms with E-state index in [-0.39, 0.29) is 41.5 Å². The van der Waals surface area contributed by atoms with Gasteiger partial charge in [0.05, 0.1) is 29.4 Å². The van der Waals surface area contributed by atoms with Gasteiger partial charge in [-0.1, -0.05) is 36.6 Å². The SMILES string of the molecule is O=C1OC(CCc2ccc(O)c(CC(F)(F)F)c2)(C2CCCC2)CC(O)=C1Cc1nc2ncc(Cl)cn2n1. The number of aliphatic hydroxyl groups excluding tert-OH is 1. The van der Waals surface area contributed by atoms with E-state index in [4.69, 9.17) is 16.3 Å². The van der Waals surface area contributed by atoms with Crippen LogP contribution in [0.1, 0.15) is 55.5 Å². The second-order valence-corrected chi connectivity index (χ2v) is 10.5. The first-order chi connectivity index (χ1) is 18.0. The molecule has 38 heavy (non-hydrogen) atoms. The van der Waals surface area contributed by atoms with E-state index in [1.165, 1.54) is 29.0 Å². The first-order valence-corrected chi connectivity index (χ1v) is 12.8. The Balaban J connectivity index is 1.38. The number of nitrogens with zero attached hydrogens (tertiary/aromatic N) is 4. The van der Waals surface area contributed by atoms with E-state index in [2.05, 4.69) is 15.1 Å². The van der Waals surface area contributed by atoms with Crippen molar-refractivity contribution in [2.45, 2.75) is 69.6 Å². The number of alkyl halides is 3. The highest BCUT2D eigenvalue weighted by molar-refractivity contribution is 6.30. The van der Waals surface area contributed by atoms with Crippen LogP contribution in [-0.2, 0) is 28.8 Å². The van der Waals surface area contributed by atoms with Crippen molar-refractivity contribution in [1.29, 1.82) is 0 Å². The summed E-state index contributed by atoms with van der Waals surface area (Å²) in [6, 6.07) is 4.16. The number of fused-ring (bicyclic) bond motifs is 1. The predicted octanol–water partition coefficient (Wildman–Crippen LogP) is 5.45. The van der Waals surface area contributed by atoms with Crippen LogP contribution in [0.4, 0.5) is 13.2 Å². The predicted molar refractivity (Wildman–Crippen MR) is 131 cm³/mol. The van der Waals surface area contributed by atoms with E-state index in [0.717, 1.165) is 25.7 Å². The van der Waals surface area contributed by atoms with E-state index in [1.807, 2.05) is 0 Å². The summed E-state index contributed by atoms with van der Waals surface area (Å²) < 4.78 is 46.3. The number of carbonyl (C=O) groups is 1. The summed E-state index contributed by atoms with van der Waals surface area (Å²) >= 11 is 5.94. The van der Waals surface area contributed by atoms with Crippen molar-refractivity contribution in [3.63, 3.8) is 0 Å². The van der Waals surface area contributed by atoms with Crippen LogP contribution in [0.25, 0.3) is 5.78 Å².